The van der Waals surface area contributed by atoms with Crippen LogP contribution >= 0.6 is 0 Å². The third-order valence-corrected chi connectivity index (χ3v) is 5.73. The number of aromatic hydroxyl groups is 1. The lowest BCUT2D eigenvalue weighted by Crippen LogP contribution is -2.12. The molecule has 0 amide bonds. The summed E-state index contributed by atoms with van der Waals surface area (Å²) in [5.74, 6) is 0.436. The van der Waals surface area contributed by atoms with Gasteiger partial charge in [0.05, 0.1) is 0 Å². The number of hydrogen-bond donors (Lipinski definition) is 1. The van der Waals surface area contributed by atoms with Crippen LogP contribution in [-0.4, -0.2) is 17.2 Å². The van der Waals surface area contributed by atoms with Gasteiger partial charge in [-0.3, -0.25) is 4.79 Å². The van der Waals surface area contributed by atoms with Gasteiger partial charge in [0.1, 0.15) is 11.4 Å². The molecule has 152 valence electrons. The Bertz CT molecular complexity index is 582. The highest BCUT2D eigenvalue weighted by molar-refractivity contribution is 5.39. The summed E-state index contributed by atoms with van der Waals surface area (Å²) in [5.41, 5.74) is 2.57. The molecule has 0 unspecified atom stereocenters. The first kappa shape index (κ1) is 21.8. The van der Waals surface area contributed by atoms with Crippen LogP contribution in [0.2, 0.25) is 0 Å². The maximum absolute atomic E-state index is 10.5. The second-order valence-corrected chi connectivity index (χ2v) is 9.54. The molecule has 1 saturated carbocycles. The van der Waals surface area contributed by atoms with Gasteiger partial charge in [-0.2, -0.15) is 0 Å². The topological polar surface area (TPSA) is 46.5 Å². The Hall–Kier alpha value is -1.51. The molecule has 1 fully saturated rings. The summed E-state index contributed by atoms with van der Waals surface area (Å²) in [6, 6.07) is 6.20. The van der Waals surface area contributed by atoms with Crippen molar-refractivity contribution in [3.63, 3.8) is 0 Å². The number of aryl methyl sites for hydroxylation is 2. The Morgan fingerprint density at radius 1 is 1.04 bits per heavy atom. The minimum absolute atomic E-state index is 0.152. The van der Waals surface area contributed by atoms with Gasteiger partial charge in [0, 0.05) is 0 Å². The molecular formula is C24H38O3. The molecule has 1 aliphatic rings. The quantitative estimate of drug-likeness (QED) is 0.323. The van der Waals surface area contributed by atoms with Crippen LogP contribution < -0.4 is 0 Å². The fourth-order valence-corrected chi connectivity index (χ4v) is 3.75. The van der Waals surface area contributed by atoms with Gasteiger partial charge in [-0.25, -0.2) is 0 Å². The van der Waals surface area contributed by atoms with E-state index in [0.717, 1.165) is 50.5 Å². The van der Waals surface area contributed by atoms with Gasteiger partial charge in [0.25, 0.3) is 6.47 Å². The Morgan fingerprint density at radius 2 is 1.74 bits per heavy atom. The molecule has 0 aliphatic heterocycles. The van der Waals surface area contributed by atoms with E-state index in [1.54, 1.807) is 0 Å². The molecule has 1 aliphatic carbocycles. The van der Waals surface area contributed by atoms with Crippen molar-refractivity contribution in [1.29, 1.82) is 0 Å². The van der Waals surface area contributed by atoms with Gasteiger partial charge >= 0.3 is 0 Å². The Morgan fingerprint density at radius 3 is 2.37 bits per heavy atom. The predicted molar refractivity (Wildman–Crippen MR) is 111 cm³/mol. The van der Waals surface area contributed by atoms with Crippen molar-refractivity contribution in [1.82, 2.24) is 0 Å². The summed E-state index contributed by atoms with van der Waals surface area (Å²) < 4.78 is 5.18. The van der Waals surface area contributed by atoms with Crippen molar-refractivity contribution in [2.75, 3.05) is 0 Å². The van der Waals surface area contributed by atoms with Crippen molar-refractivity contribution in [3.8, 4) is 5.75 Å². The molecule has 2 rings (SSSR count). The SMILES string of the molecule is CC(C)(C)CCCCCCc1ccc(CCCCC2(OC=O)CC2)c(O)c1. The number of carbonyl (C=O) groups is 1. The summed E-state index contributed by atoms with van der Waals surface area (Å²) in [6.07, 6.45) is 13.3. The van der Waals surface area contributed by atoms with Crippen molar-refractivity contribution in [2.45, 2.75) is 103 Å². The van der Waals surface area contributed by atoms with Gasteiger partial charge in [-0.15, -0.1) is 0 Å². The van der Waals surface area contributed by atoms with E-state index >= 15 is 0 Å². The lowest BCUT2D eigenvalue weighted by Gasteiger charge is -2.17. The van der Waals surface area contributed by atoms with E-state index in [4.69, 9.17) is 4.74 Å². The average Bonchev–Trinajstić information content (AvgIpc) is 3.35. The van der Waals surface area contributed by atoms with Crippen LogP contribution in [0.3, 0.4) is 0 Å². The summed E-state index contributed by atoms with van der Waals surface area (Å²) >= 11 is 0. The summed E-state index contributed by atoms with van der Waals surface area (Å²) in [5, 5.41) is 10.3. The molecule has 0 saturated heterocycles. The number of hydrogen-bond acceptors (Lipinski definition) is 3. The lowest BCUT2D eigenvalue weighted by atomic mass is 9.89. The lowest BCUT2D eigenvalue weighted by molar-refractivity contribution is -0.135. The summed E-state index contributed by atoms with van der Waals surface area (Å²) in [4.78, 5) is 10.5. The van der Waals surface area contributed by atoms with Crippen molar-refractivity contribution in [3.05, 3.63) is 29.3 Å². The minimum atomic E-state index is -0.152. The molecule has 0 bridgehead atoms. The zero-order chi connectivity index (χ0) is 19.8. The third kappa shape index (κ3) is 8.36. The molecule has 1 aromatic carbocycles. The van der Waals surface area contributed by atoms with Crippen LogP contribution in [-0.2, 0) is 22.4 Å². The van der Waals surface area contributed by atoms with Crippen LogP contribution in [0.5, 0.6) is 5.75 Å². The van der Waals surface area contributed by atoms with E-state index in [9.17, 15) is 9.90 Å². The molecule has 3 nitrogen and oxygen atoms in total. The highest BCUT2D eigenvalue weighted by atomic mass is 16.5. The fraction of sp³-hybridized carbons (Fsp3) is 0.708. The second kappa shape index (κ2) is 10.1. The van der Waals surface area contributed by atoms with E-state index in [1.807, 2.05) is 6.07 Å². The molecule has 27 heavy (non-hydrogen) atoms. The monoisotopic (exact) mass is 374 g/mol. The Balaban J connectivity index is 1.62. The Labute approximate surface area is 165 Å². The molecule has 0 heterocycles. The fourth-order valence-electron chi connectivity index (χ4n) is 3.75. The zero-order valence-corrected chi connectivity index (χ0v) is 17.6. The largest absolute Gasteiger partial charge is 0.508 e. The molecule has 0 radical (unpaired) electrons. The number of ether oxygens (including phenoxy) is 1. The summed E-state index contributed by atoms with van der Waals surface area (Å²) in [7, 11) is 0. The zero-order valence-electron chi connectivity index (χ0n) is 17.6. The van der Waals surface area contributed by atoms with Gasteiger partial charge < -0.3 is 9.84 Å². The van der Waals surface area contributed by atoms with Crippen molar-refractivity contribution < 1.29 is 14.6 Å². The maximum atomic E-state index is 10.5. The number of unbranched alkanes of at least 4 members (excludes halogenated alkanes) is 4. The molecule has 0 aromatic heterocycles. The van der Waals surface area contributed by atoms with Crippen molar-refractivity contribution >= 4 is 6.47 Å². The molecule has 0 atom stereocenters. The van der Waals surface area contributed by atoms with Crippen LogP contribution in [0.4, 0.5) is 0 Å². The Kier molecular flexibility index (Phi) is 8.19. The number of phenols is 1. The maximum Gasteiger partial charge on any atom is 0.293 e. The third-order valence-electron chi connectivity index (χ3n) is 5.73. The first-order valence-corrected chi connectivity index (χ1v) is 10.8. The molecule has 3 heteroatoms. The highest BCUT2D eigenvalue weighted by Gasteiger charge is 2.44. The normalized spacial score (nSPS) is 15.5. The van der Waals surface area contributed by atoms with Crippen LogP contribution in [0, 0.1) is 5.41 Å². The van der Waals surface area contributed by atoms with E-state index < -0.39 is 0 Å². The highest BCUT2D eigenvalue weighted by Crippen LogP contribution is 2.43. The first-order chi connectivity index (χ1) is 12.8. The van der Waals surface area contributed by atoms with Crippen LogP contribution in [0.15, 0.2) is 18.2 Å². The van der Waals surface area contributed by atoms with Crippen molar-refractivity contribution in [2.24, 2.45) is 5.41 Å². The van der Waals surface area contributed by atoms with E-state index in [-0.39, 0.29) is 5.60 Å². The van der Waals surface area contributed by atoms with Crippen LogP contribution in [0.25, 0.3) is 0 Å². The predicted octanol–water partition coefficient (Wildman–Crippen LogP) is 6.35. The van der Waals surface area contributed by atoms with Gasteiger partial charge in [-0.1, -0.05) is 52.2 Å². The molecular weight excluding hydrogens is 336 g/mol. The van der Waals surface area contributed by atoms with E-state index in [0.29, 0.717) is 17.6 Å². The smallest absolute Gasteiger partial charge is 0.293 e. The number of rotatable bonds is 13. The van der Waals surface area contributed by atoms with Gasteiger partial charge in [-0.05, 0) is 80.4 Å². The van der Waals surface area contributed by atoms with Crippen LogP contribution in [0.1, 0.15) is 96.1 Å². The number of phenolic OH excluding ortho intramolecular Hbond substituents is 1. The standard InChI is InChI=1S/C24H38O3/c1-23(2,3)14-8-5-4-6-10-20-12-13-21(22(26)18-20)11-7-9-15-24(16-17-24)27-19-25/h12-13,18-19,26H,4-11,14-17H2,1-3H3. The van der Waals surface area contributed by atoms with E-state index in [1.165, 1.54) is 37.7 Å². The number of benzene rings is 1. The number of carbonyl (C=O) groups excluding carboxylic acids is 1. The molecule has 1 aromatic rings. The van der Waals surface area contributed by atoms with E-state index in [2.05, 4.69) is 32.9 Å². The minimum Gasteiger partial charge on any atom is -0.508 e. The molecule has 1 N–H and O–H groups in total. The average molecular weight is 375 g/mol. The summed E-state index contributed by atoms with van der Waals surface area (Å²) in [6.45, 7) is 7.50. The van der Waals surface area contributed by atoms with Gasteiger partial charge in [0.15, 0.2) is 0 Å². The first-order valence-electron chi connectivity index (χ1n) is 10.8. The second-order valence-electron chi connectivity index (χ2n) is 9.54. The molecule has 0 spiro atoms. The van der Waals surface area contributed by atoms with Gasteiger partial charge in [0.2, 0.25) is 0 Å².